The number of carbonyl (C=O) groups excluding carboxylic acids is 1. The van der Waals surface area contributed by atoms with Gasteiger partial charge in [0, 0.05) is 6.07 Å². The molecule has 0 unspecified atom stereocenters. The van der Waals surface area contributed by atoms with E-state index in [9.17, 15) is 14.9 Å². The highest BCUT2D eigenvalue weighted by atomic mass is 32.1. The number of nitrogens with zero attached hydrogens (tertiary/aromatic N) is 2. The first-order valence-electron chi connectivity index (χ1n) is 8.02. The van der Waals surface area contributed by atoms with Gasteiger partial charge in [-0.15, -0.1) is 0 Å². The summed E-state index contributed by atoms with van der Waals surface area (Å²) < 4.78 is 0.992. The van der Waals surface area contributed by atoms with Crippen LogP contribution in [0.4, 0.5) is 10.8 Å². The number of anilines is 1. The van der Waals surface area contributed by atoms with Crippen LogP contribution in [0.3, 0.4) is 0 Å². The number of unbranched alkanes of at least 4 members (excludes halogenated alkanes) is 1. The Morgan fingerprint density at radius 2 is 2.08 bits per heavy atom. The number of amides is 1. The van der Waals surface area contributed by atoms with Gasteiger partial charge in [-0.3, -0.25) is 20.2 Å². The Kier molecular flexibility index (Phi) is 5.04. The minimum Gasteiger partial charge on any atom is -0.298 e. The van der Waals surface area contributed by atoms with Crippen molar-refractivity contribution in [2.24, 2.45) is 0 Å². The molecule has 1 aromatic heterocycles. The van der Waals surface area contributed by atoms with E-state index in [1.54, 1.807) is 6.07 Å². The van der Waals surface area contributed by atoms with Crippen LogP contribution in [-0.2, 0) is 6.42 Å². The number of para-hydroxylation sites is 1. The molecular formula is C18H17N3O3S. The van der Waals surface area contributed by atoms with Gasteiger partial charge in [-0.05, 0) is 36.6 Å². The summed E-state index contributed by atoms with van der Waals surface area (Å²) in [6.45, 7) is 2.15. The number of nitrogens with one attached hydrogen (secondary N) is 1. The number of carbonyl (C=O) groups is 1. The maximum atomic E-state index is 12.4. The number of nitro groups is 1. The van der Waals surface area contributed by atoms with Gasteiger partial charge in [0.15, 0.2) is 5.13 Å². The lowest BCUT2D eigenvalue weighted by molar-refractivity contribution is -0.385. The third kappa shape index (κ3) is 3.83. The van der Waals surface area contributed by atoms with Gasteiger partial charge >= 0.3 is 0 Å². The molecule has 0 atom stereocenters. The molecule has 0 saturated carbocycles. The van der Waals surface area contributed by atoms with Gasteiger partial charge < -0.3 is 0 Å². The van der Waals surface area contributed by atoms with Crippen molar-refractivity contribution >= 4 is 38.3 Å². The second-order valence-electron chi connectivity index (χ2n) is 5.65. The Balaban J connectivity index is 1.83. The topological polar surface area (TPSA) is 85.1 Å². The van der Waals surface area contributed by atoms with Crippen LogP contribution < -0.4 is 5.32 Å². The van der Waals surface area contributed by atoms with Gasteiger partial charge in [0.2, 0.25) is 0 Å². The Hall–Kier alpha value is -2.80. The maximum absolute atomic E-state index is 12.4. The lowest BCUT2D eigenvalue weighted by Crippen LogP contribution is -2.13. The number of fused-ring (bicyclic) bond motifs is 1. The SMILES string of the molecule is CCCCc1ccc2nc(NC(=O)c3ccccc3[N+](=O)[O-])sc2c1. The van der Waals surface area contributed by atoms with Crippen LogP contribution in [-0.4, -0.2) is 15.8 Å². The lowest BCUT2D eigenvalue weighted by Gasteiger charge is -2.02. The van der Waals surface area contributed by atoms with Crippen molar-refractivity contribution in [2.75, 3.05) is 5.32 Å². The van der Waals surface area contributed by atoms with Gasteiger partial charge in [-0.25, -0.2) is 4.98 Å². The summed E-state index contributed by atoms with van der Waals surface area (Å²) in [7, 11) is 0. The number of hydrogen-bond acceptors (Lipinski definition) is 5. The number of aromatic nitrogens is 1. The number of benzene rings is 2. The van der Waals surface area contributed by atoms with E-state index < -0.39 is 10.8 Å². The van der Waals surface area contributed by atoms with Crippen LogP contribution >= 0.6 is 11.3 Å². The van der Waals surface area contributed by atoms with Gasteiger partial charge in [0.1, 0.15) is 5.56 Å². The molecule has 25 heavy (non-hydrogen) atoms. The minimum atomic E-state index is -0.562. The van der Waals surface area contributed by atoms with Gasteiger partial charge in [-0.2, -0.15) is 0 Å². The molecule has 7 heteroatoms. The Labute approximate surface area is 148 Å². The fourth-order valence-corrected chi connectivity index (χ4v) is 3.47. The zero-order valence-corrected chi connectivity index (χ0v) is 14.5. The van der Waals surface area contributed by atoms with E-state index in [0.29, 0.717) is 5.13 Å². The van der Waals surface area contributed by atoms with Crippen molar-refractivity contribution in [1.29, 1.82) is 0 Å². The number of rotatable bonds is 6. The van der Waals surface area contributed by atoms with Gasteiger partial charge in [0.05, 0.1) is 15.1 Å². The van der Waals surface area contributed by atoms with Gasteiger partial charge in [0.25, 0.3) is 11.6 Å². The highest BCUT2D eigenvalue weighted by Gasteiger charge is 2.20. The predicted octanol–water partition coefficient (Wildman–Crippen LogP) is 4.80. The molecule has 3 aromatic rings. The normalized spacial score (nSPS) is 10.8. The summed E-state index contributed by atoms with van der Waals surface area (Å²) in [5.74, 6) is -0.530. The smallest absolute Gasteiger partial charge is 0.282 e. The van der Waals surface area contributed by atoms with E-state index in [2.05, 4.69) is 23.3 Å². The zero-order valence-electron chi connectivity index (χ0n) is 13.7. The Morgan fingerprint density at radius 1 is 1.28 bits per heavy atom. The van der Waals surface area contributed by atoms with Crippen LogP contribution in [0.1, 0.15) is 35.7 Å². The van der Waals surface area contributed by atoms with Crippen LogP contribution in [0.2, 0.25) is 0 Å². The number of thiazole rings is 1. The molecule has 128 valence electrons. The second-order valence-corrected chi connectivity index (χ2v) is 6.68. The van der Waals surface area contributed by atoms with Crippen molar-refractivity contribution in [2.45, 2.75) is 26.2 Å². The standard InChI is InChI=1S/C18H17N3O3S/c1-2-3-6-12-9-10-14-16(11-12)25-18(19-14)20-17(22)13-7-4-5-8-15(13)21(23)24/h4-5,7-11H,2-3,6H2,1H3,(H,19,20,22). The molecular weight excluding hydrogens is 338 g/mol. The van der Waals surface area contributed by atoms with E-state index in [1.165, 1.54) is 35.1 Å². The van der Waals surface area contributed by atoms with Crippen molar-refractivity contribution in [3.8, 4) is 0 Å². The van der Waals surface area contributed by atoms with E-state index in [1.807, 2.05) is 12.1 Å². The first-order valence-corrected chi connectivity index (χ1v) is 8.84. The highest BCUT2D eigenvalue weighted by Crippen LogP contribution is 2.28. The molecule has 0 spiro atoms. The number of hydrogen-bond donors (Lipinski definition) is 1. The van der Waals surface area contributed by atoms with Crippen molar-refractivity contribution in [3.05, 3.63) is 63.7 Å². The fraction of sp³-hybridized carbons (Fsp3) is 0.222. The first-order chi connectivity index (χ1) is 12.1. The summed E-state index contributed by atoms with van der Waals surface area (Å²) in [4.78, 5) is 27.3. The molecule has 0 fully saturated rings. The molecule has 0 aliphatic rings. The molecule has 1 amide bonds. The number of aryl methyl sites for hydroxylation is 1. The second kappa shape index (κ2) is 7.40. The molecule has 1 N–H and O–H groups in total. The fourth-order valence-electron chi connectivity index (χ4n) is 2.55. The molecule has 0 aliphatic carbocycles. The monoisotopic (exact) mass is 355 g/mol. The summed E-state index contributed by atoms with van der Waals surface area (Å²) >= 11 is 1.37. The van der Waals surface area contributed by atoms with Crippen molar-refractivity contribution in [1.82, 2.24) is 4.98 Å². The van der Waals surface area contributed by atoms with Crippen LogP contribution in [0, 0.1) is 10.1 Å². The summed E-state index contributed by atoms with van der Waals surface area (Å²) in [6.07, 6.45) is 3.28. The van der Waals surface area contributed by atoms with Gasteiger partial charge in [-0.1, -0.05) is 42.9 Å². The zero-order chi connectivity index (χ0) is 17.8. The van der Waals surface area contributed by atoms with Crippen LogP contribution in [0.15, 0.2) is 42.5 Å². The summed E-state index contributed by atoms with van der Waals surface area (Å²) in [5, 5.41) is 14.2. The molecule has 0 saturated heterocycles. The third-order valence-corrected chi connectivity index (χ3v) is 4.77. The summed E-state index contributed by atoms with van der Waals surface area (Å²) in [5.41, 5.74) is 1.86. The number of nitro benzene ring substituents is 1. The molecule has 0 bridgehead atoms. The minimum absolute atomic E-state index is 0.0235. The molecule has 1 heterocycles. The third-order valence-electron chi connectivity index (χ3n) is 3.84. The first kappa shape index (κ1) is 17.0. The maximum Gasteiger partial charge on any atom is 0.282 e. The van der Waals surface area contributed by atoms with Crippen molar-refractivity contribution in [3.63, 3.8) is 0 Å². The summed E-state index contributed by atoms with van der Waals surface area (Å²) in [6, 6.07) is 12.0. The Morgan fingerprint density at radius 3 is 2.84 bits per heavy atom. The lowest BCUT2D eigenvalue weighted by atomic mass is 10.1. The average molecular weight is 355 g/mol. The predicted molar refractivity (Wildman–Crippen MR) is 99.3 cm³/mol. The average Bonchev–Trinajstić information content (AvgIpc) is 3.01. The largest absolute Gasteiger partial charge is 0.298 e. The molecule has 0 radical (unpaired) electrons. The molecule has 6 nitrogen and oxygen atoms in total. The van der Waals surface area contributed by atoms with E-state index in [-0.39, 0.29) is 11.3 Å². The molecule has 2 aromatic carbocycles. The van der Waals surface area contributed by atoms with Crippen LogP contribution in [0.5, 0.6) is 0 Å². The molecule has 0 aliphatic heterocycles. The van der Waals surface area contributed by atoms with Crippen molar-refractivity contribution < 1.29 is 9.72 Å². The quantitative estimate of drug-likeness (QED) is 0.508. The van der Waals surface area contributed by atoms with E-state index >= 15 is 0 Å². The van der Waals surface area contributed by atoms with E-state index in [4.69, 9.17) is 0 Å². The molecule has 3 rings (SSSR count). The Bertz CT molecular complexity index is 936. The highest BCUT2D eigenvalue weighted by molar-refractivity contribution is 7.22. The van der Waals surface area contributed by atoms with Crippen LogP contribution in [0.25, 0.3) is 10.2 Å². The van der Waals surface area contributed by atoms with E-state index in [0.717, 1.165) is 29.5 Å².